The van der Waals surface area contributed by atoms with E-state index < -0.39 is 33.3 Å². The molecule has 12 heteroatoms. The van der Waals surface area contributed by atoms with Crippen LogP contribution in [0.5, 0.6) is 0 Å². The van der Waals surface area contributed by atoms with Crippen LogP contribution in [0.4, 0.5) is 0 Å². The van der Waals surface area contributed by atoms with E-state index in [0.29, 0.717) is 6.42 Å². The van der Waals surface area contributed by atoms with Gasteiger partial charge in [0.2, 0.25) is 0 Å². The molecule has 0 aromatic heterocycles. The summed E-state index contributed by atoms with van der Waals surface area (Å²) in [5.74, 6) is -0.176. The average molecular weight is 928 g/mol. The first-order chi connectivity index (χ1) is 28.5. The molecule has 2 fully saturated rings. The third-order valence-corrected chi connectivity index (χ3v) is 16.2. The predicted molar refractivity (Wildman–Crippen MR) is 266 cm³/mol. The van der Waals surface area contributed by atoms with Gasteiger partial charge in [-0.2, -0.15) is 0 Å². The minimum atomic E-state index is -1.82. The smallest absolute Gasteiger partial charge is 0.334 e. The lowest BCUT2D eigenvalue weighted by molar-refractivity contribution is -0.139. The summed E-state index contributed by atoms with van der Waals surface area (Å²) in [6, 6.07) is 0. The molecule has 0 bridgehead atoms. The van der Waals surface area contributed by atoms with Gasteiger partial charge in [0.05, 0.1) is 36.6 Å². The van der Waals surface area contributed by atoms with E-state index in [0.717, 1.165) is 82.6 Å². The molecule has 2 saturated heterocycles. The highest BCUT2D eigenvalue weighted by molar-refractivity contribution is 6.70. The largest absolute Gasteiger partial charge is 0.455 e. The van der Waals surface area contributed by atoms with Gasteiger partial charge in [0, 0.05) is 24.2 Å². The standard InChI is InChI=1S/C49H98O8Si4/c1-15-16-17-18-19-20-21-22-23-27-30-47(56-60(9,10)11)45-35-33-43(52-45)44-34-36-46(53-44)48(57-61(12,13)14)32-31-41(54-58(3,4)5)28-25-24-26-29-42(55-59(6,7)8)38-40-37-39(2)51-49(40)50/h37,39,41-48H,15-36,38H2,1-14H3/t39?,41?,42?,43-,44-,45-,46-,47-,48-/m0/s1. The lowest BCUT2D eigenvalue weighted by atomic mass is 9.98. The number of carbonyl (C=O) groups is 1. The summed E-state index contributed by atoms with van der Waals surface area (Å²) in [4.78, 5) is 12.4. The van der Waals surface area contributed by atoms with Crippen LogP contribution in [-0.2, 0) is 36.7 Å². The van der Waals surface area contributed by atoms with Crippen LogP contribution in [0.2, 0.25) is 78.6 Å². The van der Waals surface area contributed by atoms with E-state index in [1.54, 1.807) is 0 Å². The van der Waals surface area contributed by atoms with Crippen molar-refractivity contribution in [1.29, 1.82) is 0 Å². The molecule has 8 nitrogen and oxygen atoms in total. The first-order valence-electron chi connectivity index (χ1n) is 25.4. The molecule has 0 aliphatic carbocycles. The van der Waals surface area contributed by atoms with Gasteiger partial charge in [-0.1, -0.05) is 90.4 Å². The van der Waals surface area contributed by atoms with Gasteiger partial charge in [0.15, 0.2) is 33.3 Å². The topological polar surface area (TPSA) is 81.7 Å². The monoisotopic (exact) mass is 927 g/mol. The highest BCUT2D eigenvalue weighted by atomic mass is 28.4. The molecule has 61 heavy (non-hydrogen) atoms. The fourth-order valence-corrected chi connectivity index (χ4v) is 14.4. The summed E-state index contributed by atoms with van der Waals surface area (Å²) < 4.78 is 46.5. The molecule has 3 rings (SSSR count). The van der Waals surface area contributed by atoms with Crippen LogP contribution < -0.4 is 0 Å². The van der Waals surface area contributed by atoms with Crippen LogP contribution >= 0.6 is 0 Å². The van der Waals surface area contributed by atoms with Gasteiger partial charge in [-0.3, -0.25) is 0 Å². The molecule has 0 saturated carbocycles. The first kappa shape index (κ1) is 55.2. The molecule has 0 amide bonds. The molecule has 3 unspecified atom stereocenters. The summed E-state index contributed by atoms with van der Waals surface area (Å²) in [6.45, 7) is 31.8. The van der Waals surface area contributed by atoms with E-state index in [-0.39, 0.29) is 60.9 Å². The molecular weight excluding hydrogens is 829 g/mol. The van der Waals surface area contributed by atoms with E-state index in [4.69, 9.17) is 31.9 Å². The second-order valence-electron chi connectivity index (χ2n) is 23.0. The van der Waals surface area contributed by atoms with Crippen molar-refractivity contribution in [3.05, 3.63) is 11.6 Å². The predicted octanol–water partition coefficient (Wildman–Crippen LogP) is 14.3. The van der Waals surface area contributed by atoms with Crippen molar-refractivity contribution in [2.75, 3.05) is 0 Å². The van der Waals surface area contributed by atoms with Crippen molar-refractivity contribution >= 4 is 39.2 Å². The minimum absolute atomic E-state index is 0.0642. The number of rotatable bonds is 33. The maximum Gasteiger partial charge on any atom is 0.334 e. The van der Waals surface area contributed by atoms with Crippen molar-refractivity contribution < 1.29 is 36.7 Å². The Kier molecular flexibility index (Phi) is 24.3. The summed E-state index contributed by atoms with van der Waals surface area (Å²) in [7, 11) is -7.05. The number of hydrogen-bond acceptors (Lipinski definition) is 8. The molecule has 0 spiro atoms. The zero-order valence-electron chi connectivity index (χ0n) is 42.3. The third kappa shape index (κ3) is 24.3. The highest BCUT2D eigenvalue weighted by Gasteiger charge is 2.43. The number of carbonyl (C=O) groups excluding carboxylic acids is 1. The molecule has 0 aromatic rings. The lowest BCUT2D eigenvalue weighted by Gasteiger charge is -2.34. The second-order valence-corrected chi connectivity index (χ2v) is 40.9. The number of esters is 1. The van der Waals surface area contributed by atoms with E-state index in [9.17, 15) is 4.79 Å². The Morgan fingerprint density at radius 1 is 0.525 bits per heavy atom. The maximum atomic E-state index is 12.4. The Morgan fingerprint density at radius 3 is 1.39 bits per heavy atom. The Hall–Kier alpha value is -0.162. The zero-order chi connectivity index (χ0) is 45.3. The van der Waals surface area contributed by atoms with Crippen LogP contribution in [-0.4, -0.2) is 94.2 Å². The maximum absolute atomic E-state index is 12.4. The molecule has 3 heterocycles. The normalized spacial score (nSPS) is 24.9. The van der Waals surface area contributed by atoms with Gasteiger partial charge in [-0.05, 0) is 149 Å². The molecule has 3 aliphatic rings. The quantitative estimate of drug-likeness (QED) is 0.0366. The van der Waals surface area contributed by atoms with Gasteiger partial charge in [-0.25, -0.2) is 4.79 Å². The molecule has 0 aromatic carbocycles. The number of ether oxygens (including phenoxy) is 3. The van der Waals surface area contributed by atoms with E-state index in [2.05, 4.69) is 85.5 Å². The molecular formula is C49H98O8Si4. The Balaban J connectivity index is 1.52. The number of unbranched alkanes of at least 4 members (excludes halogenated alkanes) is 11. The Morgan fingerprint density at radius 2 is 0.934 bits per heavy atom. The fourth-order valence-electron chi connectivity index (χ4n) is 9.62. The average Bonchev–Trinajstić information content (AvgIpc) is 3.88. The number of cyclic esters (lactones) is 1. The summed E-state index contributed by atoms with van der Waals surface area (Å²) in [6.07, 6.45) is 29.9. The van der Waals surface area contributed by atoms with Crippen molar-refractivity contribution in [1.82, 2.24) is 0 Å². The van der Waals surface area contributed by atoms with Crippen LogP contribution in [0.1, 0.15) is 162 Å². The SMILES string of the molecule is CCCCCCCCCCCC[C@H](O[Si](C)(C)C)[C@@H]1CC[C@@H]([C@@H]2CC[C@@H]([C@H](CCC(CCCCCC(CC3=CC(C)OC3=O)O[Si](C)(C)C)O[Si](C)(C)C)O[Si](C)(C)C)O2)O1. The van der Waals surface area contributed by atoms with E-state index >= 15 is 0 Å². The summed E-state index contributed by atoms with van der Waals surface area (Å²) in [5.41, 5.74) is 0.780. The van der Waals surface area contributed by atoms with Gasteiger partial charge in [-0.15, -0.1) is 0 Å². The lowest BCUT2D eigenvalue weighted by Crippen LogP contribution is -2.41. The number of hydrogen-bond donors (Lipinski definition) is 0. The molecule has 3 aliphatic heterocycles. The third-order valence-electron chi connectivity index (χ3n) is 12.1. The van der Waals surface area contributed by atoms with Crippen LogP contribution in [0, 0.1) is 0 Å². The van der Waals surface area contributed by atoms with Crippen molar-refractivity contribution in [2.45, 2.75) is 295 Å². The second kappa shape index (κ2) is 26.8. The minimum Gasteiger partial charge on any atom is -0.455 e. The van der Waals surface area contributed by atoms with Crippen LogP contribution in [0.3, 0.4) is 0 Å². The van der Waals surface area contributed by atoms with Gasteiger partial charge in [0.25, 0.3) is 0 Å². The Labute approximate surface area is 381 Å². The molecule has 9 atom stereocenters. The van der Waals surface area contributed by atoms with E-state index in [1.165, 1.54) is 64.2 Å². The van der Waals surface area contributed by atoms with Gasteiger partial charge < -0.3 is 31.9 Å². The summed E-state index contributed by atoms with van der Waals surface area (Å²) in [5, 5.41) is 0. The zero-order valence-corrected chi connectivity index (χ0v) is 46.3. The van der Waals surface area contributed by atoms with Gasteiger partial charge >= 0.3 is 5.97 Å². The van der Waals surface area contributed by atoms with Crippen molar-refractivity contribution in [2.24, 2.45) is 0 Å². The summed E-state index contributed by atoms with van der Waals surface area (Å²) >= 11 is 0. The molecule has 0 N–H and O–H groups in total. The first-order valence-corrected chi connectivity index (χ1v) is 39.1. The molecule has 358 valence electrons. The highest BCUT2D eigenvalue weighted by Crippen LogP contribution is 2.37. The van der Waals surface area contributed by atoms with Crippen LogP contribution in [0.25, 0.3) is 0 Å². The fraction of sp³-hybridized carbons (Fsp3) is 0.939. The van der Waals surface area contributed by atoms with E-state index in [1.807, 2.05) is 13.0 Å². The molecule has 0 radical (unpaired) electrons. The van der Waals surface area contributed by atoms with Crippen molar-refractivity contribution in [3.8, 4) is 0 Å². The van der Waals surface area contributed by atoms with Crippen LogP contribution in [0.15, 0.2) is 11.6 Å². The Bertz CT molecular complexity index is 1250. The van der Waals surface area contributed by atoms with Gasteiger partial charge in [0.1, 0.15) is 6.10 Å². The van der Waals surface area contributed by atoms with Crippen molar-refractivity contribution in [3.63, 3.8) is 0 Å².